The Morgan fingerprint density at radius 1 is 1.37 bits per heavy atom. The van der Waals surface area contributed by atoms with Crippen LogP contribution in [0.2, 0.25) is 0 Å². The van der Waals surface area contributed by atoms with Crippen LogP contribution in [-0.4, -0.2) is 42.1 Å². The summed E-state index contributed by atoms with van der Waals surface area (Å²) in [6.07, 6.45) is -0.762. The van der Waals surface area contributed by atoms with Crippen LogP contribution in [0.1, 0.15) is 18.1 Å². The highest BCUT2D eigenvalue weighted by molar-refractivity contribution is 5.76. The summed E-state index contributed by atoms with van der Waals surface area (Å²) in [4.78, 5) is 13.0. The van der Waals surface area contributed by atoms with Crippen LogP contribution in [0.25, 0.3) is 0 Å². The van der Waals surface area contributed by atoms with Gasteiger partial charge < -0.3 is 10.4 Å². The molecule has 4 nitrogen and oxygen atoms in total. The van der Waals surface area contributed by atoms with Crippen LogP contribution in [0.15, 0.2) is 18.2 Å². The van der Waals surface area contributed by atoms with E-state index in [2.05, 4.69) is 5.32 Å². The van der Waals surface area contributed by atoms with E-state index < -0.39 is 17.7 Å². The van der Waals surface area contributed by atoms with Gasteiger partial charge in [0.05, 0.1) is 6.10 Å². The summed E-state index contributed by atoms with van der Waals surface area (Å²) in [5.41, 5.74) is -0.0523. The number of nitrogens with one attached hydrogen (secondary N) is 1. The largest absolute Gasteiger partial charge is 0.387 e. The van der Waals surface area contributed by atoms with Crippen LogP contribution >= 0.6 is 0 Å². The van der Waals surface area contributed by atoms with Crippen molar-refractivity contribution in [2.45, 2.75) is 12.5 Å². The van der Waals surface area contributed by atoms with Gasteiger partial charge in [-0.15, -0.1) is 0 Å². The first-order chi connectivity index (χ1) is 9.06. The average Bonchev–Trinajstić information content (AvgIpc) is 2.57. The Morgan fingerprint density at radius 2 is 2.16 bits per heavy atom. The molecule has 6 heteroatoms. The SMILES string of the molecule is O=C1CCN(CC(O)c2cc(F)ccc2F)CCN1. The van der Waals surface area contributed by atoms with E-state index in [0.29, 0.717) is 26.1 Å². The molecule has 0 aliphatic carbocycles. The second-order valence-corrected chi connectivity index (χ2v) is 4.58. The molecule has 2 N–H and O–H groups in total. The minimum Gasteiger partial charge on any atom is -0.387 e. The zero-order valence-corrected chi connectivity index (χ0v) is 10.4. The molecule has 104 valence electrons. The quantitative estimate of drug-likeness (QED) is 0.855. The Labute approximate surface area is 110 Å². The van der Waals surface area contributed by atoms with Gasteiger partial charge in [-0.25, -0.2) is 8.78 Å². The Hall–Kier alpha value is -1.53. The van der Waals surface area contributed by atoms with Crippen molar-refractivity contribution in [3.05, 3.63) is 35.4 Å². The molecule has 1 aromatic rings. The van der Waals surface area contributed by atoms with Gasteiger partial charge in [0, 0.05) is 38.2 Å². The molecule has 0 bridgehead atoms. The van der Waals surface area contributed by atoms with Crippen LogP contribution in [0, 0.1) is 11.6 Å². The lowest BCUT2D eigenvalue weighted by molar-refractivity contribution is -0.120. The number of amides is 1. The highest BCUT2D eigenvalue weighted by atomic mass is 19.1. The van der Waals surface area contributed by atoms with Gasteiger partial charge in [-0.3, -0.25) is 9.69 Å². The van der Waals surface area contributed by atoms with Crippen LogP contribution in [0.4, 0.5) is 8.78 Å². The number of aliphatic hydroxyl groups excluding tert-OH is 1. The fraction of sp³-hybridized carbons (Fsp3) is 0.462. The van der Waals surface area contributed by atoms with E-state index >= 15 is 0 Å². The zero-order valence-electron chi connectivity index (χ0n) is 10.4. The molecular weight excluding hydrogens is 254 g/mol. The molecule has 0 radical (unpaired) electrons. The molecule has 1 aromatic carbocycles. The molecule has 1 saturated heterocycles. The fourth-order valence-electron chi connectivity index (χ4n) is 2.11. The Kier molecular flexibility index (Phi) is 4.44. The van der Waals surface area contributed by atoms with E-state index in [1.54, 1.807) is 0 Å². The van der Waals surface area contributed by atoms with Crippen LogP contribution in [0.5, 0.6) is 0 Å². The van der Waals surface area contributed by atoms with Crippen molar-refractivity contribution in [2.24, 2.45) is 0 Å². The Bertz CT molecular complexity index is 468. The molecular formula is C13H16F2N2O2. The number of carbonyl (C=O) groups excluding carboxylic acids is 1. The standard InChI is InChI=1S/C13H16F2N2O2/c14-9-1-2-11(15)10(7-9)12(18)8-17-5-3-13(19)16-4-6-17/h1-2,7,12,18H,3-6,8H2,(H,16,19). The molecule has 1 amide bonds. The van der Waals surface area contributed by atoms with Crippen LogP contribution in [0.3, 0.4) is 0 Å². The third kappa shape index (κ3) is 3.71. The number of benzene rings is 1. The van der Waals surface area contributed by atoms with Gasteiger partial charge in [0.25, 0.3) is 0 Å². The van der Waals surface area contributed by atoms with Gasteiger partial charge in [0.1, 0.15) is 11.6 Å². The minimum absolute atomic E-state index is 0.0334. The molecule has 1 unspecified atom stereocenters. The van der Waals surface area contributed by atoms with E-state index in [4.69, 9.17) is 0 Å². The van der Waals surface area contributed by atoms with Gasteiger partial charge in [-0.05, 0) is 18.2 Å². The molecule has 1 aliphatic rings. The van der Waals surface area contributed by atoms with Gasteiger partial charge in [-0.2, -0.15) is 0 Å². The van der Waals surface area contributed by atoms with Gasteiger partial charge >= 0.3 is 0 Å². The van der Waals surface area contributed by atoms with Crippen molar-refractivity contribution in [2.75, 3.05) is 26.2 Å². The van der Waals surface area contributed by atoms with Crippen molar-refractivity contribution in [1.82, 2.24) is 10.2 Å². The Morgan fingerprint density at radius 3 is 2.95 bits per heavy atom. The third-order valence-electron chi connectivity index (χ3n) is 3.15. The number of nitrogens with zero attached hydrogens (tertiary/aromatic N) is 1. The summed E-state index contributed by atoms with van der Waals surface area (Å²) in [6.45, 7) is 1.76. The highest BCUT2D eigenvalue weighted by Crippen LogP contribution is 2.19. The lowest BCUT2D eigenvalue weighted by Crippen LogP contribution is -2.32. The number of carbonyl (C=O) groups is 1. The first-order valence-electron chi connectivity index (χ1n) is 6.18. The summed E-state index contributed by atoms with van der Waals surface area (Å²) in [5, 5.41) is 12.7. The van der Waals surface area contributed by atoms with Crippen molar-refractivity contribution in [1.29, 1.82) is 0 Å². The van der Waals surface area contributed by atoms with E-state index in [9.17, 15) is 18.7 Å². The van der Waals surface area contributed by atoms with Gasteiger partial charge in [0.2, 0.25) is 5.91 Å². The molecule has 1 atom stereocenters. The molecule has 1 heterocycles. The first-order valence-corrected chi connectivity index (χ1v) is 6.18. The number of hydrogen-bond acceptors (Lipinski definition) is 3. The number of hydrogen-bond donors (Lipinski definition) is 2. The summed E-state index contributed by atoms with van der Waals surface area (Å²) in [7, 11) is 0. The second kappa shape index (κ2) is 6.08. The lowest BCUT2D eigenvalue weighted by atomic mass is 10.1. The van der Waals surface area contributed by atoms with E-state index in [1.165, 1.54) is 0 Å². The second-order valence-electron chi connectivity index (χ2n) is 4.58. The minimum atomic E-state index is -1.11. The molecule has 0 aromatic heterocycles. The number of rotatable bonds is 3. The molecule has 0 saturated carbocycles. The topological polar surface area (TPSA) is 52.6 Å². The maximum Gasteiger partial charge on any atom is 0.221 e. The van der Waals surface area contributed by atoms with Crippen molar-refractivity contribution < 1.29 is 18.7 Å². The normalized spacial score (nSPS) is 18.8. The van der Waals surface area contributed by atoms with Crippen molar-refractivity contribution >= 4 is 5.91 Å². The van der Waals surface area contributed by atoms with Crippen molar-refractivity contribution in [3.8, 4) is 0 Å². The van der Waals surface area contributed by atoms with Crippen LogP contribution in [-0.2, 0) is 4.79 Å². The third-order valence-corrected chi connectivity index (χ3v) is 3.15. The predicted molar refractivity (Wildman–Crippen MR) is 65.4 cm³/mol. The maximum absolute atomic E-state index is 13.5. The summed E-state index contributed by atoms with van der Waals surface area (Å²) < 4.78 is 26.6. The van der Waals surface area contributed by atoms with E-state index in [-0.39, 0.29) is 18.0 Å². The Balaban J connectivity index is 2.01. The number of halogens is 2. The maximum atomic E-state index is 13.5. The molecule has 2 rings (SSSR count). The molecule has 0 spiro atoms. The summed E-state index contributed by atoms with van der Waals surface area (Å²) in [5.74, 6) is -1.24. The van der Waals surface area contributed by atoms with E-state index in [1.807, 2.05) is 4.90 Å². The number of aliphatic hydroxyl groups is 1. The van der Waals surface area contributed by atoms with Gasteiger partial charge in [-0.1, -0.05) is 0 Å². The fourth-order valence-corrected chi connectivity index (χ4v) is 2.11. The van der Waals surface area contributed by atoms with Crippen LogP contribution < -0.4 is 5.32 Å². The smallest absolute Gasteiger partial charge is 0.221 e. The van der Waals surface area contributed by atoms with E-state index in [0.717, 1.165) is 18.2 Å². The summed E-state index contributed by atoms with van der Waals surface area (Å²) >= 11 is 0. The molecule has 1 aliphatic heterocycles. The summed E-state index contributed by atoms with van der Waals surface area (Å²) in [6, 6.07) is 3.02. The van der Waals surface area contributed by atoms with Gasteiger partial charge in [0.15, 0.2) is 0 Å². The predicted octanol–water partition coefficient (Wildman–Crippen LogP) is 0.820. The zero-order chi connectivity index (χ0) is 13.8. The van der Waals surface area contributed by atoms with Crippen molar-refractivity contribution in [3.63, 3.8) is 0 Å². The molecule has 19 heavy (non-hydrogen) atoms. The number of β-amino-alcohol motifs (C(OH)–C–C–N with tert-alkyl or cyclic N) is 1. The highest BCUT2D eigenvalue weighted by Gasteiger charge is 2.20. The first kappa shape index (κ1) is 13.9. The lowest BCUT2D eigenvalue weighted by Gasteiger charge is -2.23. The molecule has 1 fully saturated rings. The average molecular weight is 270 g/mol. The monoisotopic (exact) mass is 270 g/mol.